The number of carbonyl (C=O) groups excluding carboxylic acids is 1. The first-order chi connectivity index (χ1) is 10.5. The first-order valence-electron chi connectivity index (χ1n) is 7.62. The number of rotatable bonds is 6. The standard InChI is InChI=1S/C16H23FN2O3/c1-12(10-22-14-6-4-13(17)5-7-14)19-15(20)18-11-16(21)8-2-3-9-16/h4-7,12,21H,2-3,8-11H2,1H3,(H2,18,19,20). The molecule has 1 aliphatic rings. The van der Waals surface area contributed by atoms with E-state index < -0.39 is 5.60 Å². The summed E-state index contributed by atoms with van der Waals surface area (Å²) in [6.45, 7) is 2.36. The molecule has 1 saturated carbocycles. The fraction of sp³-hybridized carbons (Fsp3) is 0.562. The maximum atomic E-state index is 12.8. The van der Waals surface area contributed by atoms with E-state index in [-0.39, 0.29) is 31.0 Å². The van der Waals surface area contributed by atoms with Crippen molar-refractivity contribution in [2.45, 2.75) is 44.2 Å². The monoisotopic (exact) mass is 310 g/mol. The number of amides is 2. The van der Waals surface area contributed by atoms with E-state index in [1.807, 2.05) is 6.92 Å². The summed E-state index contributed by atoms with van der Waals surface area (Å²) in [7, 11) is 0. The van der Waals surface area contributed by atoms with Crippen molar-refractivity contribution in [2.24, 2.45) is 0 Å². The molecule has 122 valence electrons. The second kappa shape index (κ2) is 7.45. The lowest BCUT2D eigenvalue weighted by Crippen LogP contribution is -2.48. The van der Waals surface area contributed by atoms with Gasteiger partial charge in [-0.25, -0.2) is 9.18 Å². The Morgan fingerprint density at radius 1 is 1.36 bits per heavy atom. The van der Waals surface area contributed by atoms with Gasteiger partial charge in [-0.15, -0.1) is 0 Å². The van der Waals surface area contributed by atoms with E-state index >= 15 is 0 Å². The maximum absolute atomic E-state index is 12.8. The van der Waals surface area contributed by atoms with Crippen molar-refractivity contribution in [3.8, 4) is 5.75 Å². The summed E-state index contributed by atoms with van der Waals surface area (Å²) in [5, 5.41) is 15.6. The van der Waals surface area contributed by atoms with E-state index in [1.54, 1.807) is 0 Å². The van der Waals surface area contributed by atoms with Gasteiger partial charge in [0.1, 0.15) is 18.2 Å². The predicted octanol–water partition coefficient (Wildman–Crippen LogP) is 2.20. The largest absolute Gasteiger partial charge is 0.491 e. The third kappa shape index (κ3) is 5.18. The molecule has 22 heavy (non-hydrogen) atoms. The first kappa shape index (κ1) is 16.5. The molecular formula is C16H23FN2O3. The summed E-state index contributed by atoms with van der Waals surface area (Å²) in [6, 6.07) is 5.19. The van der Waals surface area contributed by atoms with Crippen molar-refractivity contribution in [3.63, 3.8) is 0 Å². The predicted molar refractivity (Wildman–Crippen MR) is 81.3 cm³/mol. The molecule has 2 amide bonds. The minimum atomic E-state index is -0.759. The number of hydrogen-bond acceptors (Lipinski definition) is 3. The van der Waals surface area contributed by atoms with Crippen LogP contribution in [0.15, 0.2) is 24.3 Å². The minimum Gasteiger partial charge on any atom is -0.491 e. The topological polar surface area (TPSA) is 70.6 Å². The average Bonchev–Trinajstić information content (AvgIpc) is 2.92. The van der Waals surface area contributed by atoms with Gasteiger partial charge in [0.2, 0.25) is 0 Å². The zero-order chi connectivity index (χ0) is 16.0. The van der Waals surface area contributed by atoms with E-state index in [9.17, 15) is 14.3 Å². The van der Waals surface area contributed by atoms with Crippen LogP contribution in [0.4, 0.5) is 9.18 Å². The van der Waals surface area contributed by atoms with Crippen molar-refractivity contribution in [1.82, 2.24) is 10.6 Å². The highest BCUT2D eigenvalue weighted by Gasteiger charge is 2.31. The molecule has 0 radical (unpaired) electrons. The number of carbonyl (C=O) groups is 1. The Balaban J connectivity index is 1.66. The summed E-state index contributed by atoms with van der Waals surface area (Å²) in [4.78, 5) is 11.8. The molecule has 3 N–H and O–H groups in total. The smallest absolute Gasteiger partial charge is 0.315 e. The molecule has 5 nitrogen and oxygen atoms in total. The number of nitrogens with one attached hydrogen (secondary N) is 2. The summed E-state index contributed by atoms with van der Waals surface area (Å²) in [5.41, 5.74) is -0.759. The molecule has 1 aromatic rings. The van der Waals surface area contributed by atoms with E-state index in [2.05, 4.69) is 10.6 Å². The number of hydrogen-bond donors (Lipinski definition) is 3. The summed E-state index contributed by atoms with van der Waals surface area (Å²) < 4.78 is 18.2. The lowest BCUT2D eigenvalue weighted by Gasteiger charge is -2.23. The number of benzene rings is 1. The normalized spacial score (nSPS) is 17.8. The van der Waals surface area contributed by atoms with Gasteiger partial charge in [0, 0.05) is 6.54 Å². The molecule has 0 saturated heterocycles. The molecule has 1 unspecified atom stereocenters. The third-order valence-electron chi connectivity index (χ3n) is 3.80. The fourth-order valence-corrected chi connectivity index (χ4v) is 2.52. The molecule has 1 fully saturated rings. The average molecular weight is 310 g/mol. The van der Waals surface area contributed by atoms with Crippen molar-refractivity contribution in [2.75, 3.05) is 13.2 Å². The Morgan fingerprint density at radius 3 is 2.64 bits per heavy atom. The zero-order valence-electron chi connectivity index (χ0n) is 12.8. The van der Waals surface area contributed by atoms with E-state index in [4.69, 9.17) is 4.74 Å². The van der Waals surface area contributed by atoms with Crippen LogP contribution in [0, 0.1) is 5.82 Å². The first-order valence-corrected chi connectivity index (χ1v) is 7.62. The Labute approximate surface area is 129 Å². The quantitative estimate of drug-likeness (QED) is 0.754. The highest BCUT2D eigenvalue weighted by molar-refractivity contribution is 5.74. The number of ether oxygens (including phenoxy) is 1. The van der Waals surface area contributed by atoms with E-state index in [1.165, 1.54) is 24.3 Å². The van der Waals surface area contributed by atoms with Crippen LogP contribution in [-0.4, -0.2) is 35.9 Å². The van der Waals surface area contributed by atoms with Crippen molar-refractivity contribution in [1.29, 1.82) is 0 Å². The van der Waals surface area contributed by atoms with Gasteiger partial charge in [-0.2, -0.15) is 0 Å². The highest BCUT2D eigenvalue weighted by Crippen LogP contribution is 2.28. The van der Waals surface area contributed by atoms with Crippen LogP contribution in [0.5, 0.6) is 5.75 Å². The van der Waals surface area contributed by atoms with Crippen molar-refractivity contribution >= 4 is 6.03 Å². The molecule has 0 bridgehead atoms. The molecular weight excluding hydrogens is 287 g/mol. The Morgan fingerprint density at radius 2 is 2.00 bits per heavy atom. The lowest BCUT2D eigenvalue weighted by atomic mass is 10.0. The molecule has 0 aliphatic heterocycles. The van der Waals surface area contributed by atoms with E-state index in [0.29, 0.717) is 5.75 Å². The van der Waals surface area contributed by atoms with Crippen LogP contribution < -0.4 is 15.4 Å². The SMILES string of the molecule is CC(COc1ccc(F)cc1)NC(=O)NCC1(O)CCCC1. The van der Waals surface area contributed by atoms with Gasteiger partial charge in [0.05, 0.1) is 11.6 Å². The van der Waals surface area contributed by atoms with Crippen LogP contribution in [0.2, 0.25) is 0 Å². The van der Waals surface area contributed by atoms with Gasteiger partial charge in [0.25, 0.3) is 0 Å². The second-order valence-corrected chi connectivity index (χ2v) is 5.92. The van der Waals surface area contributed by atoms with Crippen LogP contribution in [0.25, 0.3) is 0 Å². The summed E-state index contributed by atoms with van der Waals surface area (Å²) >= 11 is 0. The van der Waals surface area contributed by atoms with Gasteiger partial charge < -0.3 is 20.5 Å². The van der Waals surface area contributed by atoms with E-state index in [0.717, 1.165) is 25.7 Å². The van der Waals surface area contributed by atoms with Crippen molar-refractivity contribution < 1.29 is 19.0 Å². The molecule has 2 rings (SSSR count). The van der Waals surface area contributed by atoms with Gasteiger partial charge in [0.15, 0.2) is 0 Å². The molecule has 1 atom stereocenters. The second-order valence-electron chi connectivity index (χ2n) is 5.92. The Kier molecular flexibility index (Phi) is 5.60. The summed E-state index contributed by atoms with van der Waals surface area (Å²) in [5.74, 6) is 0.235. The molecule has 0 spiro atoms. The lowest BCUT2D eigenvalue weighted by molar-refractivity contribution is 0.0499. The molecule has 1 aliphatic carbocycles. The molecule has 1 aromatic carbocycles. The minimum absolute atomic E-state index is 0.205. The van der Waals surface area contributed by atoms with Crippen molar-refractivity contribution in [3.05, 3.63) is 30.1 Å². The van der Waals surface area contributed by atoms with Crippen LogP contribution in [0.3, 0.4) is 0 Å². The molecule has 0 heterocycles. The van der Waals surface area contributed by atoms with Gasteiger partial charge in [-0.05, 0) is 44.0 Å². The summed E-state index contributed by atoms with van der Waals surface area (Å²) in [6.07, 6.45) is 3.47. The maximum Gasteiger partial charge on any atom is 0.315 e. The zero-order valence-corrected chi connectivity index (χ0v) is 12.8. The number of halogens is 1. The molecule has 0 aromatic heterocycles. The van der Waals surface area contributed by atoms with Crippen LogP contribution >= 0.6 is 0 Å². The number of aliphatic hydroxyl groups is 1. The van der Waals surface area contributed by atoms with Gasteiger partial charge in [-0.3, -0.25) is 0 Å². The molecule has 6 heteroatoms. The van der Waals surface area contributed by atoms with Crippen LogP contribution in [-0.2, 0) is 0 Å². The third-order valence-corrected chi connectivity index (χ3v) is 3.80. The number of urea groups is 1. The fourth-order valence-electron chi connectivity index (χ4n) is 2.52. The van der Waals surface area contributed by atoms with Gasteiger partial charge in [-0.1, -0.05) is 12.8 Å². The Bertz CT molecular complexity index is 487. The Hall–Kier alpha value is -1.82. The van der Waals surface area contributed by atoms with Gasteiger partial charge >= 0.3 is 6.03 Å². The highest BCUT2D eigenvalue weighted by atomic mass is 19.1. The van der Waals surface area contributed by atoms with Crippen LogP contribution in [0.1, 0.15) is 32.6 Å².